The first-order valence-corrected chi connectivity index (χ1v) is 7.34. The number of hydrogen-bond acceptors (Lipinski definition) is 3. The second-order valence-corrected chi connectivity index (χ2v) is 5.39. The maximum absolute atomic E-state index is 12.2. The molecule has 1 aliphatic heterocycles. The standard InChI is InChI=1S/C14H29N3O.ClH/c1-5-17(6-2)10-11(3)16-14(18)13-8-7-9-15-12(13)4;/h11-13,15H,5-10H2,1-4H3,(H,16,18);1H. The van der Waals surface area contributed by atoms with E-state index in [1.165, 1.54) is 0 Å². The first kappa shape index (κ1) is 18.7. The molecule has 1 amide bonds. The van der Waals surface area contributed by atoms with Crippen LogP contribution >= 0.6 is 12.4 Å². The molecule has 3 atom stereocenters. The predicted octanol–water partition coefficient (Wildman–Crippen LogP) is 1.64. The third kappa shape index (κ3) is 6.11. The lowest BCUT2D eigenvalue weighted by atomic mass is 9.91. The van der Waals surface area contributed by atoms with Crippen molar-refractivity contribution in [1.29, 1.82) is 0 Å². The summed E-state index contributed by atoms with van der Waals surface area (Å²) < 4.78 is 0. The highest BCUT2D eigenvalue weighted by Gasteiger charge is 2.28. The number of halogens is 1. The topological polar surface area (TPSA) is 44.4 Å². The Labute approximate surface area is 124 Å². The number of hydrogen-bond donors (Lipinski definition) is 2. The van der Waals surface area contributed by atoms with Crippen molar-refractivity contribution in [3.63, 3.8) is 0 Å². The van der Waals surface area contributed by atoms with Crippen LogP contribution in [0.15, 0.2) is 0 Å². The summed E-state index contributed by atoms with van der Waals surface area (Å²) in [6, 6.07) is 0.533. The Morgan fingerprint density at radius 2 is 2.05 bits per heavy atom. The van der Waals surface area contributed by atoms with Gasteiger partial charge < -0.3 is 15.5 Å². The van der Waals surface area contributed by atoms with Gasteiger partial charge in [-0.05, 0) is 46.3 Å². The van der Waals surface area contributed by atoms with Gasteiger partial charge in [-0.3, -0.25) is 4.79 Å². The van der Waals surface area contributed by atoms with Crippen molar-refractivity contribution in [3.05, 3.63) is 0 Å². The zero-order chi connectivity index (χ0) is 13.5. The molecule has 1 heterocycles. The van der Waals surface area contributed by atoms with Crippen molar-refractivity contribution in [3.8, 4) is 0 Å². The Bertz CT molecular complexity index is 259. The smallest absolute Gasteiger partial charge is 0.224 e. The lowest BCUT2D eigenvalue weighted by molar-refractivity contribution is -0.127. The maximum atomic E-state index is 12.2. The van der Waals surface area contributed by atoms with E-state index < -0.39 is 0 Å². The molecule has 0 aliphatic carbocycles. The first-order valence-electron chi connectivity index (χ1n) is 7.34. The third-order valence-electron chi connectivity index (χ3n) is 3.91. The highest BCUT2D eigenvalue weighted by atomic mass is 35.5. The summed E-state index contributed by atoms with van der Waals surface area (Å²) in [6.07, 6.45) is 2.12. The van der Waals surface area contributed by atoms with Crippen molar-refractivity contribution in [2.45, 2.75) is 52.6 Å². The van der Waals surface area contributed by atoms with Gasteiger partial charge >= 0.3 is 0 Å². The van der Waals surface area contributed by atoms with Gasteiger partial charge in [0.2, 0.25) is 5.91 Å². The van der Waals surface area contributed by atoms with Crippen LogP contribution in [0.1, 0.15) is 40.5 Å². The van der Waals surface area contributed by atoms with Gasteiger partial charge in [-0.15, -0.1) is 12.4 Å². The average molecular weight is 292 g/mol. The van der Waals surface area contributed by atoms with Crippen molar-refractivity contribution >= 4 is 18.3 Å². The molecule has 0 aromatic carbocycles. The number of nitrogens with zero attached hydrogens (tertiary/aromatic N) is 1. The summed E-state index contributed by atoms with van der Waals surface area (Å²) in [5.41, 5.74) is 0. The fourth-order valence-corrected chi connectivity index (χ4v) is 2.67. The predicted molar refractivity (Wildman–Crippen MR) is 82.8 cm³/mol. The van der Waals surface area contributed by atoms with Crippen LogP contribution in [0.25, 0.3) is 0 Å². The molecule has 1 saturated heterocycles. The van der Waals surface area contributed by atoms with Crippen LogP contribution in [-0.2, 0) is 4.79 Å². The number of piperidine rings is 1. The van der Waals surface area contributed by atoms with Gasteiger partial charge in [0.1, 0.15) is 0 Å². The molecule has 0 radical (unpaired) electrons. The quantitative estimate of drug-likeness (QED) is 0.782. The van der Waals surface area contributed by atoms with Crippen LogP contribution in [-0.4, -0.2) is 49.1 Å². The van der Waals surface area contributed by atoms with E-state index in [-0.39, 0.29) is 30.3 Å². The molecule has 0 bridgehead atoms. The van der Waals surface area contributed by atoms with Gasteiger partial charge in [0, 0.05) is 18.6 Å². The van der Waals surface area contributed by atoms with Gasteiger partial charge in [0.15, 0.2) is 0 Å². The lowest BCUT2D eigenvalue weighted by Gasteiger charge is -2.31. The molecule has 1 rings (SSSR count). The SMILES string of the molecule is CCN(CC)CC(C)NC(=O)C1CCCNC1C.Cl. The summed E-state index contributed by atoms with van der Waals surface area (Å²) in [4.78, 5) is 14.5. The Morgan fingerprint density at radius 3 is 2.58 bits per heavy atom. The van der Waals surface area contributed by atoms with E-state index in [9.17, 15) is 4.79 Å². The first-order chi connectivity index (χ1) is 8.58. The second kappa shape index (κ2) is 9.56. The van der Waals surface area contributed by atoms with Gasteiger partial charge in [-0.1, -0.05) is 13.8 Å². The van der Waals surface area contributed by atoms with Crippen LogP contribution in [0.2, 0.25) is 0 Å². The molecule has 3 unspecified atom stereocenters. The molecule has 0 spiro atoms. The molecule has 1 fully saturated rings. The zero-order valence-electron chi connectivity index (χ0n) is 12.7. The number of rotatable bonds is 6. The molecule has 2 N–H and O–H groups in total. The Hall–Kier alpha value is -0.320. The van der Waals surface area contributed by atoms with E-state index >= 15 is 0 Å². The molecule has 4 nitrogen and oxygen atoms in total. The minimum atomic E-state index is 0. The fourth-order valence-electron chi connectivity index (χ4n) is 2.67. The van der Waals surface area contributed by atoms with Crippen molar-refractivity contribution < 1.29 is 4.79 Å². The van der Waals surface area contributed by atoms with E-state index in [0.717, 1.165) is 39.0 Å². The van der Waals surface area contributed by atoms with E-state index in [2.05, 4.69) is 43.2 Å². The van der Waals surface area contributed by atoms with E-state index in [0.29, 0.717) is 6.04 Å². The largest absolute Gasteiger partial charge is 0.352 e. The Balaban J connectivity index is 0.00000324. The van der Waals surface area contributed by atoms with Crippen molar-refractivity contribution in [2.24, 2.45) is 5.92 Å². The minimum Gasteiger partial charge on any atom is -0.352 e. The molecular formula is C14H30ClN3O. The molecule has 19 heavy (non-hydrogen) atoms. The Morgan fingerprint density at radius 1 is 1.42 bits per heavy atom. The fraction of sp³-hybridized carbons (Fsp3) is 0.929. The molecule has 114 valence electrons. The molecule has 0 aromatic heterocycles. The van der Waals surface area contributed by atoms with E-state index in [1.54, 1.807) is 0 Å². The van der Waals surface area contributed by atoms with Crippen LogP contribution < -0.4 is 10.6 Å². The summed E-state index contributed by atoms with van der Waals surface area (Å²) in [7, 11) is 0. The van der Waals surface area contributed by atoms with Crippen molar-refractivity contribution in [1.82, 2.24) is 15.5 Å². The van der Waals surface area contributed by atoms with Crippen LogP contribution in [0.4, 0.5) is 0 Å². The van der Waals surface area contributed by atoms with Gasteiger partial charge in [-0.25, -0.2) is 0 Å². The summed E-state index contributed by atoms with van der Waals surface area (Å²) >= 11 is 0. The summed E-state index contributed by atoms with van der Waals surface area (Å²) in [5, 5.41) is 6.54. The van der Waals surface area contributed by atoms with Crippen LogP contribution in [0.3, 0.4) is 0 Å². The molecule has 5 heteroatoms. The monoisotopic (exact) mass is 291 g/mol. The molecule has 0 saturated carbocycles. The summed E-state index contributed by atoms with van der Waals surface area (Å²) in [6.45, 7) is 12.6. The highest BCUT2D eigenvalue weighted by Crippen LogP contribution is 2.16. The Kier molecular flexibility index (Phi) is 9.40. The van der Waals surface area contributed by atoms with Gasteiger partial charge in [-0.2, -0.15) is 0 Å². The number of likely N-dealkylation sites (N-methyl/N-ethyl adjacent to an activating group) is 1. The number of carbonyl (C=O) groups is 1. The van der Waals surface area contributed by atoms with E-state index in [4.69, 9.17) is 0 Å². The average Bonchev–Trinajstić information content (AvgIpc) is 2.36. The van der Waals surface area contributed by atoms with Gasteiger partial charge in [0.25, 0.3) is 0 Å². The van der Waals surface area contributed by atoms with Gasteiger partial charge in [0.05, 0.1) is 5.92 Å². The van der Waals surface area contributed by atoms with Crippen molar-refractivity contribution in [2.75, 3.05) is 26.2 Å². The van der Waals surface area contributed by atoms with Crippen LogP contribution in [0.5, 0.6) is 0 Å². The molecule has 1 aliphatic rings. The van der Waals surface area contributed by atoms with E-state index in [1.807, 2.05) is 0 Å². The lowest BCUT2D eigenvalue weighted by Crippen LogP contribution is -2.50. The third-order valence-corrected chi connectivity index (χ3v) is 3.91. The van der Waals surface area contributed by atoms with Crippen LogP contribution in [0, 0.1) is 5.92 Å². The normalized spacial score (nSPS) is 24.7. The second-order valence-electron chi connectivity index (χ2n) is 5.39. The number of nitrogens with one attached hydrogen (secondary N) is 2. The minimum absolute atomic E-state index is 0. The highest BCUT2D eigenvalue weighted by molar-refractivity contribution is 5.85. The number of amides is 1. The maximum Gasteiger partial charge on any atom is 0.224 e. The molecule has 0 aromatic rings. The molecular weight excluding hydrogens is 262 g/mol. The number of carbonyl (C=O) groups excluding carboxylic acids is 1. The summed E-state index contributed by atoms with van der Waals surface area (Å²) in [5.74, 6) is 0.354. The zero-order valence-corrected chi connectivity index (χ0v) is 13.6.